The highest BCUT2D eigenvalue weighted by molar-refractivity contribution is 5.93. The van der Waals surface area contributed by atoms with Crippen molar-refractivity contribution in [3.05, 3.63) is 11.1 Å². The van der Waals surface area contributed by atoms with Crippen molar-refractivity contribution in [3.8, 4) is 0 Å². The Balaban J connectivity index is 1.54. The van der Waals surface area contributed by atoms with Crippen LogP contribution in [0.15, 0.2) is 11.1 Å². The third kappa shape index (κ3) is 5.58. The van der Waals surface area contributed by atoms with Crippen LogP contribution in [0.25, 0.3) is 0 Å². The van der Waals surface area contributed by atoms with Gasteiger partial charge in [0.05, 0.1) is 36.9 Å². The molecule has 4 aliphatic carbocycles. The van der Waals surface area contributed by atoms with E-state index in [-0.39, 0.29) is 42.6 Å². The smallest absolute Gasteiger partial charge is 0.407 e. The number of carbonyl (C=O) groups is 4. The van der Waals surface area contributed by atoms with Gasteiger partial charge in [0.2, 0.25) is 0 Å². The zero-order valence-electron chi connectivity index (χ0n) is 28.0. The van der Waals surface area contributed by atoms with Gasteiger partial charge in [-0.05, 0) is 49.7 Å². The third-order valence-corrected chi connectivity index (χ3v) is 11.5. The molecule has 14 heteroatoms. The molecule has 11 atom stereocenters. The van der Waals surface area contributed by atoms with Crippen LogP contribution in [0.4, 0.5) is 4.79 Å². The zero-order valence-corrected chi connectivity index (χ0v) is 28.0. The average Bonchev–Trinajstić information content (AvgIpc) is 3.82. The van der Waals surface area contributed by atoms with E-state index in [1.165, 1.54) is 13.8 Å². The van der Waals surface area contributed by atoms with Gasteiger partial charge in [-0.15, -0.1) is 0 Å². The number of aliphatic hydroxyl groups excluding tert-OH is 3. The number of nitrogens with one attached hydrogen (secondary N) is 1. The van der Waals surface area contributed by atoms with E-state index >= 15 is 0 Å². The molecule has 14 nitrogen and oxygen atoms in total. The summed E-state index contributed by atoms with van der Waals surface area (Å²) >= 11 is 0. The number of aliphatic hydroxyl groups is 5. The van der Waals surface area contributed by atoms with Gasteiger partial charge in [-0.2, -0.15) is 0 Å². The summed E-state index contributed by atoms with van der Waals surface area (Å²) in [4.78, 5) is 52.9. The van der Waals surface area contributed by atoms with E-state index in [1.807, 2.05) is 13.8 Å². The number of rotatable bonds is 8. The molecule has 1 saturated heterocycles. The Morgan fingerprint density at radius 2 is 1.72 bits per heavy atom. The monoisotopic (exact) mass is 667 g/mol. The lowest BCUT2D eigenvalue weighted by Gasteiger charge is -2.66. The maximum atomic E-state index is 14.3. The van der Waals surface area contributed by atoms with Crippen LogP contribution in [-0.2, 0) is 33.3 Å². The Morgan fingerprint density at radius 3 is 2.26 bits per heavy atom. The van der Waals surface area contributed by atoms with Crippen molar-refractivity contribution in [1.82, 2.24) is 5.32 Å². The minimum Gasteiger partial charge on any atom is -0.459 e. The number of ketones is 1. The van der Waals surface area contributed by atoms with Gasteiger partial charge in [-0.25, -0.2) is 9.59 Å². The van der Waals surface area contributed by atoms with Crippen molar-refractivity contribution in [2.24, 2.45) is 28.6 Å². The lowest BCUT2D eigenvalue weighted by Crippen LogP contribution is -2.81. The second-order valence-corrected chi connectivity index (χ2v) is 15.3. The van der Waals surface area contributed by atoms with Gasteiger partial charge in [0, 0.05) is 31.1 Å². The van der Waals surface area contributed by atoms with Crippen molar-refractivity contribution in [1.29, 1.82) is 0 Å². The maximum absolute atomic E-state index is 14.3. The third-order valence-electron chi connectivity index (χ3n) is 11.5. The van der Waals surface area contributed by atoms with E-state index in [9.17, 15) is 44.7 Å². The van der Waals surface area contributed by atoms with E-state index < -0.39 is 101 Å². The first kappa shape index (κ1) is 35.7. The second-order valence-electron chi connectivity index (χ2n) is 15.3. The standard InChI is InChI=1S/C33H49NO13/c1-14(2)12-44-29(41)34-22(17-8-9-17)24(38)28(40)47-18-11-33(43)27(46-16(4)35)25-31(7,19(36)10-20-32(25,42)13-45-20)26(39)23(37)21(15(18)3)30(33,5)6/h14,17-20,22-25,27,36-38,42-43H,8-13H2,1-7H3,(H,34,41)/t18?,19-,20+,22-,23+,24+,25-,27-,31+,32-,33+/m0/s1. The van der Waals surface area contributed by atoms with Crippen LogP contribution in [0.1, 0.15) is 74.1 Å². The molecule has 6 N–H and O–H groups in total. The number of amides is 1. The highest BCUT2D eigenvalue weighted by Crippen LogP contribution is 2.63. The predicted octanol–water partition coefficient (Wildman–Crippen LogP) is 0.290. The molecular formula is C33H49NO13. The Bertz CT molecular complexity index is 1340. The van der Waals surface area contributed by atoms with Crippen LogP contribution >= 0.6 is 0 Å². The number of alkyl carbamates (subject to hydrolysis) is 1. The average molecular weight is 668 g/mol. The topological polar surface area (TPSA) is 218 Å². The summed E-state index contributed by atoms with van der Waals surface area (Å²) < 4.78 is 22.3. The Labute approximate surface area is 273 Å². The number of carbonyl (C=O) groups excluding carboxylic acids is 4. The molecular weight excluding hydrogens is 618 g/mol. The summed E-state index contributed by atoms with van der Waals surface area (Å²) in [6, 6.07) is -1.01. The van der Waals surface area contributed by atoms with E-state index in [0.717, 1.165) is 6.92 Å². The molecule has 0 radical (unpaired) electrons. The van der Waals surface area contributed by atoms with Crippen LogP contribution < -0.4 is 5.32 Å². The Hall–Kier alpha value is -2.62. The molecule has 1 heterocycles. The van der Waals surface area contributed by atoms with E-state index in [4.69, 9.17) is 18.9 Å². The first-order valence-electron chi connectivity index (χ1n) is 16.4. The molecule has 1 amide bonds. The number of Topliss-reactive ketones (excluding diaryl/α,β-unsaturated/α-hetero) is 1. The lowest BCUT2D eigenvalue weighted by molar-refractivity contribution is -0.345. The number of hydrogen-bond donors (Lipinski definition) is 6. The number of hydrogen-bond acceptors (Lipinski definition) is 13. The van der Waals surface area contributed by atoms with Gasteiger partial charge in [-0.3, -0.25) is 9.59 Å². The molecule has 0 aromatic heterocycles. The minimum absolute atomic E-state index is 0.000621. The van der Waals surface area contributed by atoms with Crippen molar-refractivity contribution in [2.45, 2.75) is 128 Å². The SMILES string of the molecule is CC(=O)O[C@H]1[C@@H]2[C@]3(O)CO[C@@H]3C[C@H](O)[C@@]2(C)C(=O)[C@H](O)C2=C(C)C(OC(=O)[C@H](O)[C@@H](NC(=O)OCC(C)C)C3CC3)C[C@]1(O)C2(C)C. The quantitative estimate of drug-likeness (QED) is 0.117. The highest BCUT2D eigenvalue weighted by atomic mass is 16.6. The zero-order chi connectivity index (χ0) is 35.0. The highest BCUT2D eigenvalue weighted by Gasteiger charge is 2.76. The molecule has 0 aromatic rings. The summed E-state index contributed by atoms with van der Waals surface area (Å²) in [5, 5.41) is 61.6. The van der Waals surface area contributed by atoms with E-state index in [2.05, 4.69) is 5.32 Å². The summed E-state index contributed by atoms with van der Waals surface area (Å²) in [6.45, 7) is 10.7. The van der Waals surface area contributed by atoms with Crippen molar-refractivity contribution < 1.29 is 63.7 Å². The normalized spacial score (nSPS) is 40.5. The fourth-order valence-electron chi connectivity index (χ4n) is 8.48. The van der Waals surface area contributed by atoms with Crippen molar-refractivity contribution in [3.63, 3.8) is 0 Å². The summed E-state index contributed by atoms with van der Waals surface area (Å²) in [5.74, 6) is -4.39. The van der Waals surface area contributed by atoms with Gasteiger partial charge >= 0.3 is 18.0 Å². The largest absolute Gasteiger partial charge is 0.459 e. The van der Waals surface area contributed by atoms with Crippen LogP contribution in [0.5, 0.6) is 0 Å². The van der Waals surface area contributed by atoms with Gasteiger partial charge in [-0.1, -0.05) is 27.7 Å². The summed E-state index contributed by atoms with van der Waals surface area (Å²) in [5.41, 5.74) is -7.19. The fraction of sp³-hybridized carbons (Fsp3) is 0.818. The van der Waals surface area contributed by atoms with Crippen LogP contribution in [-0.4, -0.2) is 116 Å². The molecule has 1 unspecified atom stereocenters. The molecule has 0 aromatic carbocycles. The molecule has 0 spiro atoms. The molecule has 264 valence electrons. The molecule has 5 aliphatic rings. The van der Waals surface area contributed by atoms with E-state index in [0.29, 0.717) is 12.8 Å². The molecule has 2 bridgehead atoms. The first-order valence-corrected chi connectivity index (χ1v) is 16.4. The Kier molecular flexibility index (Phi) is 9.15. The van der Waals surface area contributed by atoms with Gasteiger partial charge in [0.25, 0.3) is 0 Å². The second kappa shape index (κ2) is 12.1. The number of ether oxygens (including phenoxy) is 4. The van der Waals surface area contributed by atoms with Gasteiger partial charge < -0.3 is 49.8 Å². The molecule has 47 heavy (non-hydrogen) atoms. The van der Waals surface area contributed by atoms with Crippen LogP contribution in [0, 0.1) is 28.6 Å². The van der Waals surface area contributed by atoms with E-state index in [1.54, 1.807) is 13.8 Å². The predicted molar refractivity (Wildman–Crippen MR) is 161 cm³/mol. The van der Waals surface area contributed by atoms with Crippen LogP contribution in [0.3, 0.4) is 0 Å². The fourth-order valence-corrected chi connectivity index (χ4v) is 8.48. The molecule has 4 fully saturated rings. The molecule has 3 saturated carbocycles. The van der Waals surface area contributed by atoms with Gasteiger partial charge in [0.15, 0.2) is 11.9 Å². The first-order chi connectivity index (χ1) is 21.7. The van der Waals surface area contributed by atoms with Crippen molar-refractivity contribution >= 4 is 23.8 Å². The van der Waals surface area contributed by atoms with Crippen molar-refractivity contribution in [2.75, 3.05) is 13.2 Å². The Morgan fingerprint density at radius 1 is 1.09 bits per heavy atom. The molecule has 1 aliphatic heterocycles. The van der Waals surface area contributed by atoms with Crippen LogP contribution in [0.2, 0.25) is 0 Å². The summed E-state index contributed by atoms with van der Waals surface area (Å²) in [7, 11) is 0. The number of fused-ring (bicyclic) bond motifs is 5. The van der Waals surface area contributed by atoms with Gasteiger partial charge in [0.1, 0.15) is 29.5 Å². The summed E-state index contributed by atoms with van der Waals surface area (Å²) in [6.07, 6.45) is -9.13. The maximum Gasteiger partial charge on any atom is 0.407 e. The minimum atomic E-state index is -2.20. The number of esters is 2. The lowest BCUT2D eigenvalue weighted by atomic mass is 9.45. The molecule has 5 rings (SSSR count).